The molecular weight excluding hydrogens is 442 g/mol. The molecule has 2 heterocycles. The fourth-order valence-electron chi connectivity index (χ4n) is 5.41. The minimum Gasteiger partial charge on any atom is -0.361 e. The van der Waals surface area contributed by atoms with Crippen molar-refractivity contribution in [2.24, 2.45) is 0 Å². The summed E-state index contributed by atoms with van der Waals surface area (Å²) < 4.78 is 27.8. The predicted molar refractivity (Wildman–Crippen MR) is 143 cm³/mol. The molecule has 1 N–H and O–H groups in total. The van der Waals surface area contributed by atoms with E-state index in [1.54, 1.807) is 4.31 Å². The van der Waals surface area contributed by atoms with Gasteiger partial charge in [-0.3, -0.25) is 4.90 Å². The van der Waals surface area contributed by atoms with Crippen LogP contribution in [0.4, 0.5) is 0 Å². The maximum Gasteiger partial charge on any atom is 0.214 e. The molecule has 0 radical (unpaired) electrons. The Balaban J connectivity index is 1.39. The van der Waals surface area contributed by atoms with Crippen LogP contribution in [0.2, 0.25) is 0 Å². The standard InChI is InChI=1S/C28H39N3O2S/c1-21(2)31(22(3)4)15-8-18-34(32,33)30-16-13-24(14-17-30)27-20-29-28-12-11-25(19-26(27)28)23-9-6-5-7-10-23/h5-7,9-12,19-22,24,29H,8,13-18H2,1-4H3. The van der Waals surface area contributed by atoms with Crippen LogP contribution in [-0.4, -0.2) is 60.1 Å². The number of sulfonamides is 1. The average Bonchev–Trinajstić information content (AvgIpc) is 3.25. The lowest BCUT2D eigenvalue weighted by atomic mass is 9.89. The van der Waals surface area contributed by atoms with Crippen molar-refractivity contribution in [3.05, 3.63) is 60.3 Å². The van der Waals surface area contributed by atoms with Crippen molar-refractivity contribution < 1.29 is 8.42 Å². The molecule has 1 fully saturated rings. The number of fused-ring (bicyclic) bond motifs is 1. The van der Waals surface area contributed by atoms with Crippen LogP contribution in [0.25, 0.3) is 22.0 Å². The van der Waals surface area contributed by atoms with Crippen molar-refractivity contribution >= 4 is 20.9 Å². The van der Waals surface area contributed by atoms with Crippen molar-refractivity contribution in [3.8, 4) is 11.1 Å². The molecule has 184 valence electrons. The lowest BCUT2D eigenvalue weighted by Crippen LogP contribution is -2.41. The molecule has 0 saturated carbocycles. The first-order valence-electron chi connectivity index (χ1n) is 12.7. The van der Waals surface area contributed by atoms with E-state index in [1.165, 1.54) is 22.1 Å². The molecule has 1 aliphatic rings. The van der Waals surface area contributed by atoms with Gasteiger partial charge in [0.25, 0.3) is 0 Å². The first kappa shape index (κ1) is 25.0. The van der Waals surface area contributed by atoms with Crippen LogP contribution >= 0.6 is 0 Å². The minimum atomic E-state index is -3.21. The predicted octanol–water partition coefficient (Wildman–Crippen LogP) is 5.85. The summed E-state index contributed by atoms with van der Waals surface area (Å²) in [5, 5.41) is 1.25. The Kier molecular flexibility index (Phi) is 7.80. The van der Waals surface area contributed by atoms with Gasteiger partial charge in [-0.05, 0) is 88.2 Å². The van der Waals surface area contributed by atoms with E-state index in [0.717, 1.165) is 24.9 Å². The molecule has 6 heteroatoms. The summed E-state index contributed by atoms with van der Waals surface area (Å²) in [4.78, 5) is 5.79. The van der Waals surface area contributed by atoms with E-state index in [0.29, 0.717) is 37.5 Å². The molecule has 2 aromatic carbocycles. The average molecular weight is 482 g/mol. The van der Waals surface area contributed by atoms with Gasteiger partial charge in [0.2, 0.25) is 10.0 Å². The second-order valence-corrected chi connectivity index (χ2v) is 12.2. The highest BCUT2D eigenvalue weighted by Gasteiger charge is 2.29. The van der Waals surface area contributed by atoms with Crippen molar-refractivity contribution in [1.82, 2.24) is 14.2 Å². The highest BCUT2D eigenvalue weighted by molar-refractivity contribution is 7.89. The first-order chi connectivity index (χ1) is 16.3. The number of nitrogens with zero attached hydrogens (tertiary/aromatic N) is 2. The Morgan fingerprint density at radius 1 is 0.971 bits per heavy atom. The van der Waals surface area contributed by atoms with Gasteiger partial charge < -0.3 is 4.98 Å². The Labute approximate surface area is 205 Å². The zero-order valence-corrected chi connectivity index (χ0v) is 21.8. The van der Waals surface area contributed by atoms with Gasteiger partial charge in [-0.25, -0.2) is 12.7 Å². The Hall–Kier alpha value is -2.15. The molecule has 1 saturated heterocycles. The largest absolute Gasteiger partial charge is 0.361 e. The number of H-pyrrole nitrogens is 1. The van der Waals surface area contributed by atoms with E-state index in [1.807, 2.05) is 6.07 Å². The number of aromatic amines is 1. The van der Waals surface area contributed by atoms with Crippen molar-refractivity contribution in [2.45, 2.75) is 65.0 Å². The summed E-state index contributed by atoms with van der Waals surface area (Å²) in [6.07, 6.45) is 4.54. The topological polar surface area (TPSA) is 56.4 Å². The summed E-state index contributed by atoms with van der Waals surface area (Å²) in [5.41, 5.74) is 4.88. The van der Waals surface area contributed by atoms with E-state index in [9.17, 15) is 8.42 Å². The molecule has 1 aliphatic heterocycles. The molecule has 0 bridgehead atoms. The van der Waals surface area contributed by atoms with Crippen LogP contribution in [0.3, 0.4) is 0 Å². The molecule has 1 aromatic heterocycles. The maximum absolute atomic E-state index is 13.0. The zero-order valence-electron chi connectivity index (χ0n) is 21.0. The lowest BCUT2D eigenvalue weighted by Gasteiger charge is -2.32. The van der Waals surface area contributed by atoms with E-state index in [2.05, 4.69) is 86.2 Å². The third-order valence-corrected chi connectivity index (χ3v) is 9.21. The molecule has 0 atom stereocenters. The van der Waals surface area contributed by atoms with Crippen LogP contribution in [0.5, 0.6) is 0 Å². The summed E-state index contributed by atoms with van der Waals surface area (Å²) >= 11 is 0. The van der Waals surface area contributed by atoms with Gasteiger partial charge in [-0.2, -0.15) is 0 Å². The molecule has 0 aliphatic carbocycles. The summed E-state index contributed by atoms with van der Waals surface area (Å²) in [6.45, 7) is 10.7. The third kappa shape index (κ3) is 5.56. The van der Waals surface area contributed by atoms with E-state index >= 15 is 0 Å². The molecule has 3 aromatic rings. The van der Waals surface area contributed by atoms with Crippen molar-refractivity contribution in [3.63, 3.8) is 0 Å². The number of piperidine rings is 1. The highest BCUT2D eigenvalue weighted by atomic mass is 32.2. The Morgan fingerprint density at radius 3 is 2.29 bits per heavy atom. The van der Waals surface area contributed by atoms with Crippen molar-refractivity contribution in [2.75, 3.05) is 25.4 Å². The van der Waals surface area contributed by atoms with Gasteiger partial charge in [0.1, 0.15) is 0 Å². The smallest absolute Gasteiger partial charge is 0.214 e. The lowest BCUT2D eigenvalue weighted by molar-refractivity contribution is 0.175. The fraction of sp³-hybridized carbons (Fsp3) is 0.500. The van der Waals surface area contributed by atoms with E-state index in [-0.39, 0.29) is 5.75 Å². The van der Waals surface area contributed by atoms with Gasteiger partial charge in [0, 0.05) is 42.3 Å². The minimum absolute atomic E-state index is 0.237. The molecule has 0 spiro atoms. The summed E-state index contributed by atoms with van der Waals surface area (Å²) in [5.74, 6) is 0.616. The number of hydrogen-bond acceptors (Lipinski definition) is 3. The molecular formula is C28H39N3O2S. The van der Waals surface area contributed by atoms with Crippen molar-refractivity contribution in [1.29, 1.82) is 0 Å². The van der Waals surface area contributed by atoms with Crippen LogP contribution in [-0.2, 0) is 10.0 Å². The Bertz CT molecular complexity index is 1170. The fourth-order valence-corrected chi connectivity index (χ4v) is 6.93. The molecule has 5 nitrogen and oxygen atoms in total. The van der Waals surface area contributed by atoms with Gasteiger partial charge in [0.15, 0.2) is 0 Å². The van der Waals surface area contributed by atoms with Gasteiger partial charge in [0.05, 0.1) is 5.75 Å². The normalized spacial score (nSPS) is 16.3. The summed E-state index contributed by atoms with van der Waals surface area (Å²) in [7, 11) is -3.21. The number of hydrogen-bond donors (Lipinski definition) is 1. The second-order valence-electron chi connectivity index (χ2n) is 10.1. The molecule has 34 heavy (non-hydrogen) atoms. The highest BCUT2D eigenvalue weighted by Crippen LogP contribution is 2.35. The number of benzene rings is 2. The van der Waals surface area contributed by atoms with Gasteiger partial charge in [-0.1, -0.05) is 36.4 Å². The van der Waals surface area contributed by atoms with Gasteiger partial charge in [-0.15, -0.1) is 0 Å². The SMILES string of the molecule is CC(C)N(CCCS(=O)(=O)N1CCC(c2c[nH]c3ccc(-c4ccccc4)cc23)CC1)C(C)C. The molecule has 4 rings (SSSR count). The first-order valence-corrected chi connectivity index (χ1v) is 14.3. The maximum atomic E-state index is 13.0. The van der Waals surface area contributed by atoms with Gasteiger partial charge >= 0.3 is 0 Å². The number of nitrogens with one attached hydrogen (secondary N) is 1. The van der Waals surface area contributed by atoms with Crippen LogP contribution < -0.4 is 0 Å². The van der Waals surface area contributed by atoms with Crippen LogP contribution in [0.15, 0.2) is 54.7 Å². The third-order valence-electron chi connectivity index (χ3n) is 7.25. The van der Waals surface area contributed by atoms with Crippen LogP contribution in [0, 0.1) is 0 Å². The zero-order chi connectivity index (χ0) is 24.3. The molecule has 0 amide bonds. The van der Waals surface area contributed by atoms with Crippen LogP contribution in [0.1, 0.15) is 58.4 Å². The second kappa shape index (κ2) is 10.6. The number of aromatic nitrogens is 1. The van der Waals surface area contributed by atoms with E-state index in [4.69, 9.17) is 0 Å². The van der Waals surface area contributed by atoms with E-state index < -0.39 is 10.0 Å². The number of rotatable bonds is 9. The monoisotopic (exact) mass is 481 g/mol. The molecule has 0 unspecified atom stereocenters. The quantitative estimate of drug-likeness (QED) is 0.417. The Morgan fingerprint density at radius 2 is 1.65 bits per heavy atom. The summed E-state index contributed by atoms with van der Waals surface area (Å²) in [6, 6.07) is 17.9.